The van der Waals surface area contributed by atoms with Crippen molar-refractivity contribution in [1.82, 2.24) is 20.1 Å². The van der Waals surface area contributed by atoms with E-state index in [1.165, 1.54) is 25.7 Å². The molecular weight excluding hydrogens is 224 g/mol. The number of hydrogen-bond donors (Lipinski definition) is 1. The second-order valence-electron chi connectivity index (χ2n) is 5.25. The molecule has 1 aliphatic carbocycles. The van der Waals surface area contributed by atoms with Gasteiger partial charge in [0.2, 0.25) is 0 Å². The van der Waals surface area contributed by atoms with E-state index < -0.39 is 0 Å². The Labute approximate surface area is 110 Å². The Kier molecular flexibility index (Phi) is 4.75. The third-order valence-corrected chi connectivity index (χ3v) is 4.17. The van der Waals surface area contributed by atoms with Crippen molar-refractivity contribution in [3.05, 3.63) is 11.6 Å². The van der Waals surface area contributed by atoms with Crippen LogP contribution in [0.25, 0.3) is 0 Å². The standard InChI is InChI=1S/C14H26N4/c1-4-13-16-14(5-2)18(17-13)10-9-11-7-6-8-12(11)15-3/h11-12,15H,4-10H2,1-3H3. The van der Waals surface area contributed by atoms with E-state index in [9.17, 15) is 0 Å². The summed E-state index contributed by atoms with van der Waals surface area (Å²) in [5.41, 5.74) is 0. The Morgan fingerprint density at radius 3 is 2.78 bits per heavy atom. The minimum Gasteiger partial charge on any atom is -0.317 e. The van der Waals surface area contributed by atoms with Gasteiger partial charge in [0.1, 0.15) is 5.82 Å². The molecule has 18 heavy (non-hydrogen) atoms. The van der Waals surface area contributed by atoms with Gasteiger partial charge in [-0.1, -0.05) is 20.3 Å². The van der Waals surface area contributed by atoms with Gasteiger partial charge in [0.25, 0.3) is 0 Å². The highest BCUT2D eigenvalue weighted by atomic mass is 15.3. The molecule has 1 heterocycles. The van der Waals surface area contributed by atoms with Crippen molar-refractivity contribution in [3.63, 3.8) is 0 Å². The summed E-state index contributed by atoms with van der Waals surface area (Å²) in [5, 5.41) is 8.05. The van der Waals surface area contributed by atoms with Gasteiger partial charge in [0.15, 0.2) is 5.82 Å². The SMILES string of the molecule is CCc1nc(CC)n(CCC2CCCC2NC)n1. The summed E-state index contributed by atoms with van der Waals surface area (Å²) in [6.45, 7) is 5.30. The predicted molar refractivity (Wildman–Crippen MR) is 73.6 cm³/mol. The third-order valence-electron chi connectivity index (χ3n) is 4.17. The van der Waals surface area contributed by atoms with Crippen LogP contribution in [0, 0.1) is 5.92 Å². The van der Waals surface area contributed by atoms with Crippen LogP contribution in [0.5, 0.6) is 0 Å². The van der Waals surface area contributed by atoms with Crippen molar-refractivity contribution in [2.45, 2.75) is 65.0 Å². The van der Waals surface area contributed by atoms with Gasteiger partial charge in [-0.15, -0.1) is 0 Å². The van der Waals surface area contributed by atoms with E-state index >= 15 is 0 Å². The topological polar surface area (TPSA) is 42.7 Å². The Morgan fingerprint density at radius 2 is 2.11 bits per heavy atom. The number of nitrogens with zero attached hydrogens (tertiary/aromatic N) is 3. The molecule has 4 heteroatoms. The molecule has 0 aromatic carbocycles. The molecule has 2 unspecified atom stereocenters. The lowest BCUT2D eigenvalue weighted by Crippen LogP contribution is -2.29. The van der Waals surface area contributed by atoms with Crippen molar-refractivity contribution < 1.29 is 0 Å². The van der Waals surface area contributed by atoms with Gasteiger partial charge in [-0.05, 0) is 32.2 Å². The summed E-state index contributed by atoms with van der Waals surface area (Å²) in [7, 11) is 2.09. The molecule has 102 valence electrons. The zero-order chi connectivity index (χ0) is 13.0. The normalized spacial score (nSPS) is 23.7. The van der Waals surface area contributed by atoms with Crippen molar-refractivity contribution in [2.24, 2.45) is 5.92 Å². The van der Waals surface area contributed by atoms with Gasteiger partial charge in [-0.3, -0.25) is 0 Å². The van der Waals surface area contributed by atoms with Gasteiger partial charge in [0.05, 0.1) is 0 Å². The lowest BCUT2D eigenvalue weighted by molar-refractivity contribution is 0.365. The maximum Gasteiger partial charge on any atom is 0.150 e. The van der Waals surface area contributed by atoms with E-state index in [1.54, 1.807) is 0 Å². The van der Waals surface area contributed by atoms with Crippen LogP contribution in [0.15, 0.2) is 0 Å². The van der Waals surface area contributed by atoms with E-state index in [0.717, 1.165) is 37.0 Å². The summed E-state index contributed by atoms with van der Waals surface area (Å²) in [6.07, 6.45) is 7.21. The zero-order valence-electron chi connectivity index (χ0n) is 11.9. The molecular formula is C14H26N4. The van der Waals surface area contributed by atoms with Crippen molar-refractivity contribution in [3.8, 4) is 0 Å². The van der Waals surface area contributed by atoms with Crippen LogP contribution < -0.4 is 5.32 Å². The van der Waals surface area contributed by atoms with E-state index in [-0.39, 0.29) is 0 Å². The van der Waals surface area contributed by atoms with Crippen molar-refractivity contribution >= 4 is 0 Å². The van der Waals surface area contributed by atoms with Gasteiger partial charge in [-0.25, -0.2) is 9.67 Å². The lowest BCUT2D eigenvalue weighted by atomic mass is 10.00. The van der Waals surface area contributed by atoms with E-state index in [4.69, 9.17) is 0 Å². The van der Waals surface area contributed by atoms with Gasteiger partial charge in [0, 0.05) is 25.4 Å². The average molecular weight is 250 g/mol. The molecule has 0 bridgehead atoms. The third kappa shape index (κ3) is 2.91. The molecule has 1 aromatic heterocycles. The first-order chi connectivity index (χ1) is 8.78. The van der Waals surface area contributed by atoms with Crippen LogP contribution in [-0.4, -0.2) is 27.9 Å². The fourth-order valence-electron chi connectivity index (χ4n) is 3.07. The summed E-state index contributed by atoms with van der Waals surface area (Å²) >= 11 is 0. The summed E-state index contributed by atoms with van der Waals surface area (Å²) < 4.78 is 2.13. The maximum absolute atomic E-state index is 4.60. The average Bonchev–Trinajstić information content (AvgIpc) is 3.01. The molecule has 0 spiro atoms. The highest BCUT2D eigenvalue weighted by Gasteiger charge is 2.25. The fourth-order valence-corrected chi connectivity index (χ4v) is 3.07. The largest absolute Gasteiger partial charge is 0.317 e. The molecule has 4 nitrogen and oxygen atoms in total. The van der Waals surface area contributed by atoms with Crippen molar-refractivity contribution in [2.75, 3.05) is 7.05 Å². The highest BCUT2D eigenvalue weighted by Crippen LogP contribution is 2.28. The quantitative estimate of drug-likeness (QED) is 0.841. The van der Waals surface area contributed by atoms with Crippen LogP contribution in [0.4, 0.5) is 0 Å². The first-order valence-corrected chi connectivity index (χ1v) is 7.38. The summed E-state index contributed by atoms with van der Waals surface area (Å²) in [4.78, 5) is 4.57. The molecule has 0 radical (unpaired) electrons. The van der Waals surface area contributed by atoms with Gasteiger partial charge in [-0.2, -0.15) is 5.10 Å². The smallest absolute Gasteiger partial charge is 0.150 e. The Hall–Kier alpha value is -0.900. The first kappa shape index (κ1) is 13.5. The highest BCUT2D eigenvalue weighted by molar-refractivity contribution is 4.93. The predicted octanol–water partition coefficient (Wildman–Crippen LogP) is 2.18. The Bertz CT molecular complexity index is 372. The lowest BCUT2D eigenvalue weighted by Gasteiger charge is -2.18. The molecule has 2 rings (SSSR count). The molecule has 1 fully saturated rings. The molecule has 1 aromatic rings. The number of aromatic nitrogens is 3. The molecule has 0 saturated heterocycles. The maximum atomic E-state index is 4.60. The van der Waals surface area contributed by atoms with E-state index in [2.05, 4.69) is 41.0 Å². The molecule has 2 atom stereocenters. The molecule has 1 aliphatic rings. The zero-order valence-corrected chi connectivity index (χ0v) is 11.9. The summed E-state index contributed by atoms with van der Waals surface area (Å²) in [6, 6.07) is 0.712. The number of aryl methyl sites for hydroxylation is 3. The van der Waals surface area contributed by atoms with Crippen LogP contribution in [-0.2, 0) is 19.4 Å². The number of rotatable bonds is 6. The minimum atomic E-state index is 0.712. The Morgan fingerprint density at radius 1 is 1.28 bits per heavy atom. The molecule has 0 amide bonds. The number of nitrogens with one attached hydrogen (secondary N) is 1. The van der Waals surface area contributed by atoms with E-state index in [1.807, 2.05) is 0 Å². The monoisotopic (exact) mass is 250 g/mol. The van der Waals surface area contributed by atoms with Crippen LogP contribution >= 0.6 is 0 Å². The minimum absolute atomic E-state index is 0.712. The fraction of sp³-hybridized carbons (Fsp3) is 0.857. The first-order valence-electron chi connectivity index (χ1n) is 7.38. The van der Waals surface area contributed by atoms with Gasteiger partial charge >= 0.3 is 0 Å². The molecule has 1 N–H and O–H groups in total. The van der Waals surface area contributed by atoms with Crippen LogP contribution in [0.3, 0.4) is 0 Å². The molecule has 0 aliphatic heterocycles. The van der Waals surface area contributed by atoms with Crippen molar-refractivity contribution in [1.29, 1.82) is 0 Å². The van der Waals surface area contributed by atoms with Crippen LogP contribution in [0.2, 0.25) is 0 Å². The summed E-state index contributed by atoms with van der Waals surface area (Å²) in [5.74, 6) is 2.95. The second kappa shape index (κ2) is 6.32. The number of hydrogen-bond acceptors (Lipinski definition) is 3. The van der Waals surface area contributed by atoms with Crippen LogP contribution in [0.1, 0.15) is 51.2 Å². The Balaban J connectivity index is 1.94. The van der Waals surface area contributed by atoms with E-state index in [0.29, 0.717) is 6.04 Å². The van der Waals surface area contributed by atoms with Gasteiger partial charge < -0.3 is 5.32 Å². The molecule has 1 saturated carbocycles. The second-order valence-corrected chi connectivity index (χ2v) is 5.25.